The van der Waals surface area contributed by atoms with Crippen molar-refractivity contribution in [1.29, 1.82) is 0 Å². The van der Waals surface area contributed by atoms with Gasteiger partial charge < -0.3 is 25.6 Å². The predicted molar refractivity (Wildman–Crippen MR) is 136 cm³/mol. The third-order valence-corrected chi connectivity index (χ3v) is 8.82. The van der Waals surface area contributed by atoms with Gasteiger partial charge in [0.2, 0.25) is 11.8 Å². The van der Waals surface area contributed by atoms with Crippen molar-refractivity contribution in [3.63, 3.8) is 0 Å². The number of likely N-dealkylation sites (N-methyl/N-ethyl adjacent to an activating group) is 1. The number of carbonyl (C=O) groups is 2. The Morgan fingerprint density at radius 2 is 1.83 bits per heavy atom. The molecule has 2 aliphatic heterocycles. The van der Waals surface area contributed by atoms with Crippen LogP contribution in [0.15, 0.2) is 18.2 Å². The first-order valence-corrected chi connectivity index (χ1v) is 13.8. The second kappa shape index (κ2) is 10.9. The van der Waals surface area contributed by atoms with Crippen LogP contribution in [-0.2, 0) is 22.4 Å². The maximum absolute atomic E-state index is 14.0. The lowest BCUT2D eigenvalue weighted by atomic mass is 9.83. The Balaban J connectivity index is 1.32. The first kappa shape index (κ1) is 24.6. The molecule has 0 aromatic heterocycles. The van der Waals surface area contributed by atoms with E-state index in [2.05, 4.69) is 34.1 Å². The molecule has 1 aromatic rings. The van der Waals surface area contributed by atoms with E-state index in [0.717, 1.165) is 57.2 Å². The van der Waals surface area contributed by atoms with Crippen molar-refractivity contribution in [2.75, 3.05) is 20.1 Å². The van der Waals surface area contributed by atoms with Gasteiger partial charge in [0.25, 0.3) is 0 Å². The van der Waals surface area contributed by atoms with Crippen LogP contribution in [0.4, 0.5) is 0 Å². The second-order valence-corrected chi connectivity index (χ2v) is 11.0. The maximum Gasteiger partial charge on any atom is 0.245 e. The summed E-state index contributed by atoms with van der Waals surface area (Å²) in [7, 11) is 1.78. The van der Waals surface area contributed by atoms with Crippen molar-refractivity contribution < 1.29 is 14.3 Å². The Kier molecular flexibility index (Phi) is 7.63. The molecule has 35 heavy (non-hydrogen) atoms. The van der Waals surface area contributed by atoms with Crippen LogP contribution < -0.4 is 20.7 Å². The third kappa shape index (κ3) is 5.21. The molecule has 5 unspecified atom stereocenters. The molecule has 0 bridgehead atoms. The minimum absolute atomic E-state index is 0.00301. The first-order chi connectivity index (χ1) is 17.0. The van der Waals surface area contributed by atoms with Crippen LogP contribution in [0.25, 0.3) is 0 Å². The summed E-state index contributed by atoms with van der Waals surface area (Å²) in [6.45, 7) is 3.30. The Hall–Kier alpha value is -2.12. The highest BCUT2D eigenvalue weighted by molar-refractivity contribution is 5.90. The molecule has 7 nitrogen and oxygen atoms in total. The smallest absolute Gasteiger partial charge is 0.245 e. The van der Waals surface area contributed by atoms with Gasteiger partial charge in [0, 0.05) is 19.1 Å². The third-order valence-electron chi connectivity index (χ3n) is 8.82. The number of fused-ring (bicyclic) bond motifs is 2. The largest absolute Gasteiger partial charge is 0.487 e. The zero-order valence-corrected chi connectivity index (χ0v) is 21.4. The van der Waals surface area contributed by atoms with Gasteiger partial charge in [-0.25, -0.2) is 0 Å². The molecule has 2 aliphatic carbocycles. The summed E-state index contributed by atoms with van der Waals surface area (Å²) >= 11 is 0. The van der Waals surface area contributed by atoms with Crippen LogP contribution in [0.3, 0.4) is 0 Å². The Bertz CT molecular complexity index is 915. The van der Waals surface area contributed by atoms with Crippen molar-refractivity contribution in [3.8, 4) is 5.75 Å². The Labute approximate surface area is 209 Å². The molecule has 2 saturated heterocycles. The molecule has 1 aromatic carbocycles. The van der Waals surface area contributed by atoms with Gasteiger partial charge in [0.15, 0.2) is 0 Å². The number of nitrogens with one attached hydrogen (secondary N) is 3. The topological polar surface area (TPSA) is 82.7 Å². The molecule has 2 amide bonds. The van der Waals surface area contributed by atoms with Gasteiger partial charge in [0.05, 0.1) is 12.1 Å². The van der Waals surface area contributed by atoms with E-state index in [1.54, 1.807) is 7.05 Å². The molecule has 7 heteroatoms. The number of amides is 2. The average Bonchev–Trinajstić information content (AvgIpc) is 3.49. The van der Waals surface area contributed by atoms with E-state index in [1.807, 2.05) is 11.8 Å². The standard InChI is InChI=1S/C28H42N4O3/c1-18(29-2)27(33)31-25(20-9-4-3-5-10-20)28(34)32-15-14-23-26(32)24(17-30-23)35-22-13-12-19-8-6-7-11-21(19)16-22/h12-13,16,18,20,23-26,29-30H,3-11,14-15,17H2,1-2H3,(H,31,33). The van der Waals surface area contributed by atoms with Crippen LogP contribution in [-0.4, -0.2) is 67.1 Å². The summed E-state index contributed by atoms with van der Waals surface area (Å²) in [5.74, 6) is 1.09. The maximum atomic E-state index is 14.0. The summed E-state index contributed by atoms with van der Waals surface area (Å²) in [6.07, 6.45) is 11.1. The minimum Gasteiger partial charge on any atom is -0.487 e. The van der Waals surface area contributed by atoms with Gasteiger partial charge in [-0.3, -0.25) is 9.59 Å². The zero-order chi connectivity index (χ0) is 24.4. The zero-order valence-electron chi connectivity index (χ0n) is 21.4. The lowest BCUT2D eigenvalue weighted by molar-refractivity contribution is -0.140. The number of hydrogen-bond acceptors (Lipinski definition) is 5. The normalized spacial score (nSPS) is 28.2. The average molecular weight is 483 g/mol. The van der Waals surface area contributed by atoms with Gasteiger partial charge in [-0.05, 0) is 88.1 Å². The van der Waals surface area contributed by atoms with E-state index in [0.29, 0.717) is 6.54 Å². The number of benzene rings is 1. The fraction of sp³-hybridized carbons (Fsp3) is 0.714. The molecule has 192 valence electrons. The predicted octanol–water partition coefficient (Wildman–Crippen LogP) is 2.56. The van der Waals surface area contributed by atoms with Crippen LogP contribution in [0, 0.1) is 5.92 Å². The van der Waals surface area contributed by atoms with E-state index >= 15 is 0 Å². The van der Waals surface area contributed by atoms with Crippen molar-refractivity contribution in [2.45, 2.75) is 101 Å². The van der Waals surface area contributed by atoms with Crippen LogP contribution in [0.2, 0.25) is 0 Å². The van der Waals surface area contributed by atoms with Crippen molar-refractivity contribution in [1.82, 2.24) is 20.9 Å². The summed E-state index contributed by atoms with van der Waals surface area (Å²) in [5.41, 5.74) is 2.86. The van der Waals surface area contributed by atoms with Crippen LogP contribution in [0.1, 0.15) is 69.4 Å². The highest BCUT2D eigenvalue weighted by Crippen LogP contribution is 2.33. The SMILES string of the molecule is CNC(C)C(=O)NC(C(=O)N1CCC2NCC(Oc3ccc4c(c3)CCCC4)C21)C1CCCCC1. The number of nitrogens with zero attached hydrogens (tertiary/aromatic N) is 1. The molecule has 0 spiro atoms. The van der Waals surface area contributed by atoms with Gasteiger partial charge in [-0.2, -0.15) is 0 Å². The highest BCUT2D eigenvalue weighted by Gasteiger charge is 2.49. The van der Waals surface area contributed by atoms with Crippen molar-refractivity contribution >= 4 is 11.8 Å². The van der Waals surface area contributed by atoms with E-state index < -0.39 is 6.04 Å². The first-order valence-electron chi connectivity index (χ1n) is 13.8. The van der Waals surface area contributed by atoms with E-state index in [1.165, 1.54) is 30.4 Å². The molecule has 4 aliphatic rings. The molecule has 3 fully saturated rings. The lowest BCUT2D eigenvalue weighted by Gasteiger charge is -2.36. The number of likely N-dealkylation sites (tertiary alicyclic amines) is 1. The fourth-order valence-electron chi connectivity index (χ4n) is 6.65. The molecule has 3 N–H and O–H groups in total. The Morgan fingerprint density at radius 1 is 1.06 bits per heavy atom. The summed E-state index contributed by atoms with van der Waals surface area (Å²) in [5, 5.41) is 9.75. The number of carbonyl (C=O) groups excluding carboxylic acids is 2. The Morgan fingerprint density at radius 3 is 2.60 bits per heavy atom. The highest BCUT2D eigenvalue weighted by atomic mass is 16.5. The molecular weight excluding hydrogens is 440 g/mol. The summed E-state index contributed by atoms with van der Waals surface area (Å²) in [6, 6.07) is 6.01. The van der Waals surface area contributed by atoms with Gasteiger partial charge in [-0.15, -0.1) is 0 Å². The summed E-state index contributed by atoms with van der Waals surface area (Å²) in [4.78, 5) is 28.9. The number of rotatable bonds is 7. The molecule has 1 saturated carbocycles. The minimum atomic E-state index is -0.456. The second-order valence-electron chi connectivity index (χ2n) is 11.0. The summed E-state index contributed by atoms with van der Waals surface area (Å²) < 4.78 is 6.54. The van der Waals surface area contributed by atoms with Gasteiger partial charge >= 0.3 is 0 Å². The van der Waals surface area contributed by atoms with Gasteiger partial charge in [-0.1, -0.05) is 25.3 Å². The lowest BCUT2D eigenvalue weighted by Crippen LogP contribution is -2.58. The molecule has 0 radical (unpaired) electrons. The molecule has 5 atom stereocenters. The van der Waals surface area contributed by atoms with E-state index in [4.69, 9.17) is 4.74 Å². The van der Waals surface area contributed by atoms with Gasteiger partial charge in [0.1, 0.15) is 17.9 Å². The van der Waals surface area contributed by atoms with Crippen LogP contribution >= 0.6 is 0 Å². The number of aryl methyl sites for hydroxylation is 2. The number of ether oxygens (including phenoxy) is 1. The van der Waals surface area contributed by atoms with E-state index in [9.17, 15) is 9.59 Å². The quantitative estimate of drug-likeness (QED) is 0.557. The molecular formula is C28H42N4O3. The molecule has 2 heterocycles. The molecule has 5 rings (SSSR count). The number of hydrogen-bond donors (Lipinski definition) is 3. The van der Waals surface area contributed by atoms with Crippen molar-refractivity contribution in [3.05, 3.63) is 29.3 Å². The van der Waals surface area contributed by atoms with Crippen molar-refractivity contribution in [2.24, 2.45) is 5.92 Å². The fourth-order valence-corrected chi connectivity index (χ4v) is 6.65. The monoisotopic (exact) mass is 482 g/mol. The van der Waals surface area contributed by atoms with E-state index in [-0.39, 0.29) is 42.0 Å². The van der Waals surface area contributed by atoms with Crippen LogP contribution in [0.5, 0.6) is 5.75 Å².